The molecule has 2 heterocycles. The molecular formula is C17H28N4. The van der Waals surface area contributed by atoms with E-state index in [0.29, 0.717) is 11.8 Å². The lowest BCUT2D eigenvalue weighted by molar-refractivity contribution is 0.427. The normalized spacial score (nSPS) is 21.0. The Labute approximate surface area is 128 Å². The molecule has 1 N–H and O–H groups in total. The highest BCUT2D eigenvalue weighted by molar-refractivity contribution is 5.51. The maximum atomic E-state index is 5.00. The van der Waals surface area contributed by atoms with Crippen molar-refractivity contribution in [2.45, 2.75) is 57.8 Å². The summed E-state index contributed by atoms with van der Waals surface area (Å²) < 4.78 is 0. The highest BCUT2D eigenvalue weighted by atomic mass is 15.2. The van der Waals surface area contributed by atoms with Crippen LogP contribution in [0.2, 0.25) is 0 Å². The minimum Gasteiger partial charge on any atom is -0.366 e. The molecule has 0 spiro atoms. The summed E-state index contributed by atoms with van der Waals surface area (Å²) in [7, 11) is 0. The number of nitrogens with zero attached hydrogens (tertiary/aromatic N) is 3. The van der Waals surface area contributed by atoms with Gasteiger partial charge in [-0.25, -0.2) is 9.97 Å². The molecular weight excluding hydrogens is 260 g/mol. The zero-order chi connectivity index (χ0) is 14.7. The number of anilines is 1. The molecule has 4 heteroatoms. The van der Waals surface area contributed by atoms with Crippen LogP contribution in [-0.4, -0.2) is 36.1 Å². The predicted molar refractivity (Wildman–Crippen MR) is 87.0 cm³/mol. The first-order valence-electron chi connectivity index (χ1n) is 8.58. The number of hydrogen-bond donors (Lipinski definition) is 1. The first-order chi connectivity index (χ1) is 10.3. The first kappa shape index (κ1) is 14.8. The van der Waals surface area contributed by atoms with Crippen molar-refractivity contribution < 1.29 is 0 Å². The maximum Gasteiger partial charge on any atom is 0.131 e. The van der Waals surface area contributed by atoms with Crippen LogP contribution >= 0.6 is 0 Å². The van der Waals surface area contributed by atoms with Gasteiger partial charge in [-0.3, -0.25) is 0 Å². The van der Waals surface area contributed by atoms with Crippen molar-refractivity contribution in [2.24, 2.45) is 0 Å². The molecule has 1 saturated carbocycles. The fourth-order valence-electron chi connectivity index (χ4n) is 3.53. The minimum absolute atomic E-state index is 0.459. The molecule has 0 atom stereocenters. The second-order valence-corrected chi connectivity index (χ2v) is 6.73. The second kappa shape index (κ2) is 6.73. The Morgan fingerprint density at radius 3 is 2.52 bits per heavy atom. The molecule has 3 rings (SSSR count). The topological polar surface area (TPSA) is 41.1 Å². The van der Waals surface area contributed by atoms with Crippen LogP contribution in [0, 0.1) is 0 Å². The summed E-state index contributed by atoms with van der Waals surface area (Å²) in [5, 5.41) is 3.41. The van der Waals surface area contributed by atoms with E-state index in [1.165, 1.54) is 43.5 Å². The van der Waals surface area contributed by atoms with Crippen molar-refractivity contribution in [3.05, 3.63) is 17.7 Å². The number of piperazine rings is 1. The fourth-order valence-corrected chi connectivity index (χ4v) is 3.53. The van der Waals surface area contributed by atoms with E-state index < -0.39 is 0 Å². The van der Waals surface area contributed by atoms with E-state index in [2.05, 4.69) is 30.3 Å². The monoisotopic (exact) mass is 288 g/mol. The van der Waals surface area contributed by atoms with Crippen LogP contribution in [0.1, 0.15) is 69.3 Å². The van der Waals surface area contributed by atoms with Gasteiger partial charge in [-0.15, -0.1) is 0 Å². The lowest BCUT2D eigenvalue weighted by atomic mass is 9.88. The summed E-state index contributed by atoms with van der Waals surface area (Å²) in [4.78, 5) is 12.2. The summed E-state index contributed by atoms with van der Waals surface area (Å²) in [6.45, 7) is 8.74. The number of rotatable bonds is 3. The molecule has 4 nitrogen and oxygen atoms in total. The van der Waals surface area contributed by atoms with Crippen LogP contribution < -0.4 is 10.2 Å². The highest BCUT2D eigenvalue weighted by Crippen LogP contribution is 2.33. The van der Waals surface area contributed by atoms with Crippen LogP contribution in [-0.2, 0) is 0 Å². The third kappa shape index (κ3) is 3.37. The van der Waals surface area contributed by atoms with Gasteiger partial charge in [0.25, 0.3) is 0 Å². The molecule has 2 aliphatic rings. The quantitative estimate of drug-likeness (QED) is 0.928. The summed E-state index contributed by atoms with van der Waals surface area (Å²) in [5.74, 6) is 2.14. The van der Waals surface area contributed by atoms with E-state index in [-0.39, 0.29) is 0 Å². The Kier molecular flexibility index (Phi) is 4.73. The predicted octanol–water partition coefficient (Wildman–Crippen LogP) is 3.06. The molecule has 0 aromatic carbocycles. The van der Waals surface area contributed by atoms with Crippen molar-refractivity contribution in [2.75, 3.05) is 31.1 Å². The second-order valence-electron chi connectivity index (χ2n) is 6.73. The average molecular weight is 288 g/mol. The Morgan fingerprint density at radius 2 is 1.86 bits per heavy atom. The summed E-state index contributed by atoms with van der Waals surface area (Å²) >= 11 is 0. The van der Waals surface area contributed by atoms with Gasteiger partial charge < -0.3 is 10.2 Å². The van der Waals surface area contributed by atoms with Gasteiger partial charge in [0.05, 0.1) is 17.6 Å². The Bertz CT molecular complexity index is 460. The van der Waals surface area contributed by atoms with Crippen molar-refractivity contribution in [1.29, 1.82) is 0 Å². The van der Waals surface area contributed by atoms with Gasteiger partial charge in [0.2, 0.25) is 0 Å². The SMILES string of the molecule is CC(C)c1nc(C2CCCCC2)ncc1N1CCNCC1. The zero-order valence-electron chi connectivity index (χ0n) is 13.4. The highest BCUT2D eigenvalue weighted by Gasteiger charge is 2.22. The van der Waals surface area contributed by atoms with E-state index in [4.69, 9.17) is 9.97 Å². The molecule has 1 aliphatic heterocycles. The van der Waals surface area contributed by atoms with Crippen LogP contribution in [0.4, 0.5) is 5.69 Å². The van der Waals surface area contributed by atoms with Gasteiger partial charge in [-0.1, -0.05) is 33.1 Å². The van der Waals surface area contributed by atoms with Crippen molar-refractivity contribution in [3.8, 4) is 0 Å². The van der Waals surface area contributed by atoms with Gasteiger partial charge in [0.1, 0.15) is 5.82 Å². The molecule has 1 aromatic rings. The first-order valence-corrected chi connectivity index (χ1v) is 8.58. The zero-order valence-corrected chi connectivity index (χ0v) is 13.4. The minimum atomic E-state index is 0.459. The standard InChI is InChI=1S/C17H28N4/c1-13(2)16-15(21-10-8-18-9-11-21)12-19-17(20-16)14-6-4-3-5-7-14/h12-14,18H,3-11H2,1-2H3. The van der Waals surface area contributed by atoms with E-state index in [1.54, 1.807) is 0 Å². The smallest absolute Gasteiger partial charge is 0.131 e. The fraction of sp³-hybridized carbons (Fsp3) is 0.765. The van der Waals surface area contributed by atoms with E-state index >= 15 is 0 Å². The number of hydrogen-bond acceptors (Lipinski definition) is 4. The molecule has 1 saturated heterocycles. The molecule has 2 fully saturated rings. The molecule has 1 aromatic heterocycles. The van der Waals surface area contributed by atoms with Crippen LogP contribution in [0.15, 0.2) is 6.20 Å². The van der Waals surface area contributed by atoms with E-state index in [1.807, 2.05) is 0 Å². The lowest BCUT2D eigenvalue weighted by Gasteiger charge is -2.31. The maximum absolute atomic E-state index is 5.00. The van der Waals surface area contributed by atoms with Crippen LogP contribution in [0.25, 0.3) is 0 Å². The van der Waals surface area contributed by atoms with Gasteiger partial charge in [-0.2, -0.15) is 0 Å². The molecule has 0 radical (unpaired) electrons. The lowest BCUT2D eigenvalue weighted by Crippen LogP contribution is -2.44. The van der Waals surface area contributed by atoms with Gasteiger partial charge in [-0.05, 0) is 18.8 Å². The van der Waals surface area contributed by atoms with Crippen molar-refractivity contribution in [1.82, 2.24) is 15.3 Å². The van der Waals surface area contributed by atoms with E-state index in [9.17, 15) is 0 Å². The van der Waals surface area contributed by atoms with Gasteiger partial charge in [0.15, 0.2) is 0 Å². The summed E-state index contributed by atoms with van der Waals surface area (Å²) in [6, 6.07) is 0. The summed E-state index contributed by atoms with van der Waals surface area (Å²) in [6.07, 6.45) is 8.69. The summed E-state index contributed by atoms with van der Waals surface area (Å²) in [5.41, 5.74) is 2.50. The van der Waals surface area contributed by atoms with Crippen LogP contribution in [0.5, 0.6) is 0 Å². The van der Waals surface area contributed by atoms with Crippen molar-refractivity contribution >= 4 is 5.69 Å². The van der Waals surface area contributed by atoms with Crippen molar-refractivity contribution in [3.63, 3.8) is 0 Å². The number of aromatic nitrogens is 2. The Balaban J connectivity index is 1.86. The van der Waals surface area contributed by atoms with Crippen LogP contribution in [0.3, 0.4) is 0 Å². The average Bonchev–Trinajstić information content (AvgIpc) is 2.56. The largest absolute Gasteiger partial charge is 0.366 e. The molecule has 0 amide bonds. The van der Waals surface area contributed by atoms with Gasteiger partial charge in [0, 0.05) is 32.1 Å². The Hall–Kier alpha value is -1.16. The third-order valence-electron chi connectivity index (χ3n) is 4.79. The van der Waals surface area contributed by atoms with E-state index in [0.717, 1.165) is 32.0 Å². The Morgan fingerprint density at radius 1 is 1.14 bits per heavy atom. The third-order valence-corrected chi connectivity index (χ3v) is 4.79. The molecule has 116 valence electrons. The number of nitrogens with one attached hydrogen (secondary N) is 1. The molecule has 0 bridgehead atoms. The van der Waals surface area contributed by atoms with Gasteiger partial charge >= 0.3 is 0 Å². The molecule has 0 unspecified atom stereocenters. The molecule has 21 heavy (non-hydrogen) atoms. The molecule has 1 aliphatic carbocycles.